The van der Waals surface area contributed by atoms with E-state index in [1.165, 1.54) is 0 Å². The second-order valence-corrected chi connectivity index (χ2v) is 6.56. The summed E-state index contributed by atoms with van der Waals surface area (Å²) in [6.07, 6.45) is 1.84. The van der Waals surface area contributed by atoms with Gasteiger partial charge in [0.25, 0.3) is 0 Å². The molecular weight excluding hydrogens is 288 g/mol. The smallest absolute Gasteiger partial charge is 0.399 e. The third-order valence-electron chi connectivity index (χ3n) is 2.95. The second kappa shape index (κ2) is 6.08. The van der Waals surface area contributed by atoms with Crippen molar-refractivity contribution in [3.63, 3.8) is 0 Å². The molecule has 0 spiro atoms. The molecule has 1 aromatic heterocycles. The zero-order chi connectivity index (χ0) is 15.6. The first kappa shape index (κ1) is 15.9. The van der Waals surface area contributed by atoms with Crippen LogP contribution in [0.2, 0.25) is 5.02 Å². The van der Waals surface area contributed by atoms with E-state index in [9.17, 15) is 0 Å². The van der Waals surface area contributed by atoms with Crippen LogP contribution in [0.4, 0.5) is 0 Å². The Bertz CT molecular complexity index is 606. The molecule has 0 aliphatic heterocycles. The van der Waals surface area contributed by atoms with Gasteiger partial charge < -0.3 is 14.5 Å². The monoisotopic (exact) mass is 308 g/mol. The fourth-order valence-corrected chi connectivity index (χ4v) is 1.95. The van der Waals surface area contributed by atoms with Gasteiger partial charge in [0.05, 0.1) is 5.69 Å². The van der Waals surface area contributed by atoms with Gasteiger partial charge in [0.15, 0.2) is 0 Å². The summed E-state index contributed by atoms with van der Waals surface area (Å²) in [5.41, 5.74) is 2.77. The van der Waals surface area contributed by atoms with Crippen LogP contribution in [0.1, 0.15) is 37.6 Å². The van der Waals surface area contributed by atoms with Crippen molar-refractivity contribution in [2.75, 3.05) is 0 Å². The molecule has 0 aliphatic rings. The largest absolute Gasteiger partial charge is 0.417 e. The number of hydrogen-bond acceptors (Lipinski definition) is 4. The highest BCUT2D eigenvalue weighted by Crippen LogP contribution is 2.28. The molecule has 0 aliphatic carbocycles. The van der Waals surface area contributed by atoms with Crippen molar-refractivity contribution >= 4 is 11.6 Å². The molecule has 5 heteroatoms. The number of hydrogen-bond donors (Lipinski definition) is 1. The van der Waals surface area contributed by atoms with E-state index in [4.69, 9.17) is 20.8 Å². The van der Waals surface area contributed by atoms with E-state index in [0.29, 0.717) is 12.3 Å². The van der Waals surface area contributed by atoms with Crippen molar-refractivity contribution in [3.8, 4) is 11.8 Å². The molecule has 4 nitrogen and oxygen atoms in total. The minimum Gasteiger partial charge on any atom is -0.417 e. The van der Waals surface area contributed by atoms with Crippen LogP contribution in [0.25, 0.3) is 0 Å². The lowest BCUT2D eigenvalue weighted by Gasteiger charge is -2.19. The third kappa shape index (κ3) is 4.48. The van der Waals surface area contributed by atoms with Gasteiger partial charge >= 0.3 is 6.08 Å². The molecule has 114 valence electrons. The van der Waals surface area contributed by atoms with Crippen LogP contribution < -0.4 is 10.1 Å². The lowest BCUT2D eigenvalue weighted by Crippen LogP contribution is -2.35. The van der Waals surface area contributed by atoms with Gasteiger partial charge in [0, 0.05) is 17.1 Å². The summed E-state index contributed by atoms with van der Waals surface area (Å²) in [4.78, 5) is 4.31. The molecule has 0 unspecified atom stereocenters. The second-order valence-electron chi connectivity index (χ2n) is 6.18. The molecule has 0 radical (unpaired) electrons. The molecule has 0 atom stereocenters. The number of oxazole rings is 1. The number of aromatic nitrogens is 1. The summed E-state index contributed by atoms with van der Waals surface area (Å²) in [6.45, 7) is 10.8. The highest BCUT2D eigenvalue weighted by atomic mass is 35.5. The Kier molecular flexibility index (Phi) is 4.59. The van der Waals surface area contributed by atoms with E-state index in [1.807, 2.05) is 26.0 Å². The van der Waals surface area contributed by atoms with Crippen molar-refractivity contribution in [1.29, 1.82) is 0 Å². The van der Waals surface area contributed by atoms with Crippen LogP contribution in [0.15, 0.2) is 22.8 Å². The van der Waals surface area contributed by atoms with Gasteiger partial charge in [-0.2, -0.15) is 4.98 Å². The first-order chi connectivity index (χ1) is 9.74. The molecule has 1 heterocycles. The van der Waals surface area contributed by atoms with Gasteiger partial charge in [-0.15, -0.1) is 0 Å². The molecule has 2 aromatic rings. The molecule has 2 rings (SSSR count). The molecule has 0 saturated carbocycles. The maximum atomic E-state index is 6.14. The van der Waals surface area contributed by atoms with Gasteiger partial charge in [-0.1, -0.05) is 11.6 Å². The summed E-state index contributed by atoms with van der Waals surface area (Å²) in [7, 11) is 0. The predicted molar refractivity (Wildman–Crippen MR) is 84.1 cm³/mol. The topological polar surface area (TPSA) is 47.3 Å². The highest BCUT2D eigenvalue weighted by Gasteiger charge is 2.12. The van der Waals surface area contributed by atoms with Crippen molar-refractivity contribution in [2.24, 2.45) is 0 Å². The molecule has 0 amide bonds. The van der Waals surface area contributed by atoms with Crippen LogP contribution in [0, 0.1) is 13.8 Å². The Balaban J connectivity index is 2.06. The summed E-state index contributed by atoms with van der Waals surface area (Å²) in [6, 6.07) is 3.74. The van der Waals surface area contributed by atoms with Crippen molar-refractivity contribution in [3.05, 3.63) is 40.2 Å². The van der Waals surface area contributed by atoms with Crippen LogP contribution >= 0.6 is 11.6 Å². The Labute approximate surface area is 130 Å². The molecule has 0 bridgehead atoms. The fraction of sp³-hybridized carbons (Fsp3) is 0.438. The zero-order valence-corrected chi connectivity index (χ0v) is 13.8. The molecule has 0 fully saturated rings. The molecule has 21 heavy (non-hydrogen) atoms. The van der Waals surface area contributed by atoms with E-state index >= 15 is 0 Å². The van der Waals surface area contributed by atoms with Gasteiger partial charge in [0.1, 0.15) is 12.0 Å². The van der Waals surface area contributed by atoms with Gasteiger partial charge in [-0.3, -0.25) is 0 Å². The average molecular weight is 309 g/mol. The number of halogens is 1. The van der Waals surface area contributed by atoms with Gasteiger partial charge in [-0.25, -0.2) is 0 Å². The predicted octanol–water partition coefficient (Wildman–Crippen LogP) is 4.63. The van der Waals surface area contributed by atoms with E-state index in [0.717, 1.165) is 21.8 Å². The first-order valence-electron chi connectivity index (χ1n) is 6.88. The minimum absolute atomic E-state index is 0.0321. The summed E-state index contributed by atoms with van der Waals surface area (Å²) in [5.74, 6) is 0.673. The Morgan fingerprint density at radius 2 is 1.86 bits per heavy atom. The Morgan fingerprint density at radius 3 is 2.43 bits per heavy atom. The zero-order valence-electron chi connectivity index (χ0n) is 13.1. The summed E-state index contributed by atoms with van der Waals surface area (Å²) in [5, 5.41) is 4.10. The van der Waals surface area contributed by atoms with Crippen LogP contribution in [0.3, 0.4) is 0 Å². The number of nitrogens with zero attached hydrogens (tertiary/aromatic N) is 1. The number of nitrogens with one attached hydrogen (secondary N) is 1. The quantitative estimate of drug-likeness (QED) is 0.895. The number of aryl methyl sites for hydroxylation is 2. The van der Waals surface area contributed by atoms with Crippen molar-refractivity contribution in [1.82, 2.24) is 10.3 Å². The molecule has 0 saturated heterocycles. The van der Waals surface area contributed by atoms with E-state index in [-0.39, 0.29) is 11.6 Å². The normalized spacial score (nSPS) is 11.7. The van der Waals surface area contributed by atoms with E-state index in [2.05, 4.69) is 31.1 Å². The molecular formula is C16H21ClN2O2. The van der Waals surface area contributed by atoms with Crippen LogP contribution in [0.5, 0.6) is 11.8 Å². The van der Waals surface area contributed by atoms with Gasteiger partial charge in [-0.05, 0) is 57.9 Å². The van der Waals surface area contributed by atoms with Crippen molar-refractivity contribution < 1.29 is 9.15 Å². The summed E-state index contributed by atoms with van der Waals surface area (Å²) < 4.78 is 11.0. The lowest BCUT2D eigenvalue weighted by molar-refractivity contribution is 0.330. The molecule has 1 aromatic carbocycles. The van der Waals surface area contributed by atoms with Gasteiger partial charge in [0.2, 0.25) is 0 Å². The standard InChI is InChI=1S/C16H21ClN2O2/c1-10-6-13(7-11(2)14(10)17)21-15-19-12(9-20-15)8-18-16(3,4)5/h6-7,9,18H,8H2,1-5H3. The number of ether oxygens (including phenoxy) is 1. The van der Waals surface area contributed by atoms with Crippen molar-refractivity contribution in [2.45, 2.75) is 46.7 Å². The maximum absolute atomic E-state index is 6.14. The SMILES string of the molecule is Cc1cc(Oc2nc(CNC(C)(C)C)co2)cc(C)c1Cl. The maximum Gasteiger partial charge on any atom is 0.399 e. The third-order valence-corrected chi connectivity index (χ3v) is 3.54. The average Bonchev–Trinajstić information content (AvgIpc) is 2.80. The number of benzene rings is 1. The first-order valence-corrected chi connectivity index (χ1v) is 7.26. The Hall–Kier alpha value is -1.52. The van der Waals surface area contributed by atoms with Crippen LogP contribution in [-0.4, -0.2) is 10.5 Å². The fourth-order valence-electron chi connectivity index (χ4n) is 1.84. The van der Waals surface area contributed by atoms with E-state index < -0.39 is 0 Å². The number of rotatable bonds is 4. The molecule has 1 N–H and O–H groups in total. The van der Waals surface area contributed by atoms with E-state index in [1.54, 1.807) is 6.26 Å². The Morgan fingerprint density at radius 1 is 1.24 bits per heavy atom. The minimum atomic E-state index is 0.0321. The summed E-state index contributed by atoms with van der Waals surface area (Å²) >= 11 is 6.14. The van der Waals surface area contributed by atoms with Crippen LogP contribution in [-0.2, 0) is 6.54 Å². The highest BCUT2D eigenvalue weighted by molar-refractivity contribution is 6.32. The lowest BCUT2D eigenvalue weighted by atomic mass is 10.1.